The maximum Gasteiger partial charge on any atom is 0.0500 e. The average molecular weight is 181 g/mol. The third-order valence-electron chi connectivity index (χ3n) is 1.65. The molecule has 0 saturated carbocycles. The van der Waals surface area contributed by atoms with Crippen LogP contribution >= 0.6 is 11.3 Å². The second-order valence-corrected chi connectivity index (χ2v) is 3.82. The molecule has 0 aliphatic carbocycles. The van der Waals surface area contributed by atoms with E-state index in [0.717, 1.165) is 6.42 Å². The van der Waals surface area contributed by atoms with Crippen molar-refractivity contribution in [2.75, 3.05) is 14.1 Å². The van der Waals surface area contributed by atoms with E-state index in [9.17, 15) is 0 Å². The maximum atomic E-state index is 2.26. The van der Waals surface area contributed by atoms with Crippen LogP contribution in [0.15, 0.2) is 23.6 Å². The van der Waals surface area contributed by atoms with E-state index in [2.05, 4.69) is 49.5 Å². The van der Waals surface area contributed by atoms with Crippen LogP contribution in [-0.2, 0) is 0 Å². The molecular weight excluding hydrogens is 166 g/mol. The van der Waals surface area contributed by atoms with Crippen LogP contribution in [0.1, 0.15) is 18.2 Å². The quantitative estimate of drug-likeness (QED) is 0.692. The van der Waals surface area contributed by atoms with Crippen LogP contribution in [0.4, 0.5) is 0 Å². The Morgan fingerprint density at radius 3 is 2.75 bits per heavy atom. The molecule has 66 valence electrons. The topological polar surface area (TPSA) is 3.24 Å². The molecule has 0 saturated heterocycles. The van der Waals surface area contributed by atoms with Crippen molar-refractivity contribution in [3.63, 3.8) is 0 Å². The smallest absolute Gasteiger partial charge is 0.0500 e. The zero-order valence-electron chi connectivity index (χ0n) is 7.87. The normalized spacial score (nSPS) is 11.8. The van der Waals surface area contributed by atoms with E-state index in [-0.39, 0.29) is 0 Å². The molecule has 0 aromatic carbocycles. The Morgan fingerprint density at radius 2 is 2.33 bits per heavy atom. The summed E-state index contributed by atoms with van der Waals surface area (Å²) in [5, 5.41) is 2.11. The summed E-state index contributed by atoms with van der Waals surface area (Å²) in [7, 11) is 4.17. The van der Waals surface area contributed by atoms with Gasteiger partial charge in [-0.25, -0.2) is 0 Å². The Labute approximate surface area is 78.3 Å². The first kappa shape index (κ1) is 9.33. The highest BCUT2D eigenvalue weighted by atomic mass is 32.1. The number of nitrogens with zero attached hydrogens (tertiary/aromatic N) is 1. The molecule has 1 rings (SSSR count). The zero-order chi connectivity index (χ0) is 8.97. The molecule has 1 aromatic rings. The van der Waals surface area contributed by atoms with E-state index in [1.807, 2.05) is 0 Å². The lowest BCUT2D eigenvalue weighted by Crippen LogP contribution is -2.08. The summed E-state index contributed by atoms with van der Waals surface area (Å²) in [4.78, 5) is 3.51. The van der Waals surface area contributed by atoms with Gasteiger partial charge in [0.25, 0.3) is 0 Å². The van der Waals surface area contributed by atoms with Crippen LogP contribution in [0, 0.1) is 0 Å². The minimum absolute atomic E-state index is 1.09. The van der Waals surface area contributed by atoms with Crippen molar-refractivity contribution in [3.8, 4) is 0 Å². The summed E-state index contributed by atoms with van der Waals surface area (Å²) in [6.45, 7) is 2.16. The molecule has 0 aliphatic heterocycles. The number of allylic oxidation sites excluding steroid dienone is 1. The fourth-order valence-corrected chi connectivity index (χ4v) is 1.97. The van der Waals surface area contributed by atoms with Crippen molar-refractivity contribution in [1.29, 1.82) is 0 Å². The number of hydrogen-bond acceptors (Lipinski definition) is 2. The fraction of sp³-hybridized carbons (Fsp3) is 0.400. The summed E-state index contributed by atoms with van der Waals surface area (Å²) in [5.74, 6) is 0. The largest absolute Gasteiger partial charge is 0.377 e. The van der Waals surface area contributed by atoms with Crippen molar-refractivity contribution in [2.45, 2.75) is 13.3 Å². The molecule has 0 aliphatic rings. The highest BCUT2D eigenvalue weighted by Gasteiger charge is 2.02. The second-order valence-electron chi connectivity index (χ2n) is 2.87. The van der Waals surface area contributed by atoms with Crippen LogP contribution in [-0.4, -0.2) is 19.0 Å². The molecule has 0 bridgehead atoms. The standard InChI is InChI=1S/C10H15NS/c1-4-6-9(11(2)3)10-7-5-8-12-10/h5-8H,4H2,1-3H3. The van der Waals surface area contributed by atoms with Crippen molar-refractivity contribution < 1.29 is 0 Å². The highest BCUT2D eigenvalue weighted by molar-refractivity contribution is 7.11. The van der Waals surface area contributed by atoms with E-state index in [0.29, 0.717) is 0 Å². The minimum Gasteiger partial charge on any atom is -0.377 e. The molecule has 1 nitrogen and oxygen atoms in total. The minimum atomic E-state index is 1.09. The summed E-state index contributed by atoms with van der Waals surface area (Å²) in [6.07, 6.45) is 3.34. The van der Waals surface area contributed by atoms with Gasteiger partial charge in [-0.15, -0.1) is 11.3 Å². The van der Waals surface area contributed by atoms with Gasteiger partial charge in [0.2, 0.25) is 0 Å². The van der Waals surface area contributed by atoms with Gasteiger partial charge in [-0.2, -0.15) is 0 Å². The predicted octanol–water partition coefficient (Wildman–Crippen LogP) is 3.06. The zero-order valence-corrected chi connectivity index (χ0v) is 8.69. The van der Waals surface area contributed by atoms with Crippen molar-refractivity contribution in [3.05, 3.63) is 28.5 Å². The van der Waals surface area contributed by atoms with E-state index < -0.39 is 0 Å². The van der Waals surface area contributed by atoms with E-state index in [1.54, 1.807) is 11.3 Å². The third-order valence-corrected chi connectivity index (χ3v) is 2.55. The Kier molecular flexibility index (Phi) is 3.35. The molecule has 2 heteroatoms. The van der Waals surface area contributed by atoms with Crippen molar-refractivity contribution >= 4 is 17.0 Å². The first-order valence-corrected chi connectivity index (χ1v) is 5.05. The van der Waals surface area contributed by atoms with Crippen molar-refractivity contribution in [1.82, 2.24) is 4.90 Å². The molecule has 0 amide bonds. The van der Waals surface area contributed by atoms with Gasteiger partial charge in [-0.05, 0) is 17.9 Å². The van der Waals surface area contributed by atoms with Crippen LogP contribution < -0.4 is 0 Å². The van der Waals surface area contributed by atoms with Gasteiger partial charge in [-0.3, -0.25) is 0 Å². The maximum absolute atomic E-state index is 2.26. The molecule has 1 heterocycles. The first-order valence-electron chi connectivity index (χ1n) is 4.17. The van der Waals surface area contributed by atoms with Gasteiger partial charge in [0.1, 0.15) is 0 Å². The van der Waals surface area contributed by atoms with Gasteiger partial charge in [0.15, 0.2) is 0 Å². The van der Waals surface area contributed by atoms with E-state index >= 15 is 0 Å². The molecule has 0 unspecified atom stereocenters. The van der Waals surface area contributed by atoms with Gasteiger partial charge in [0, 0.05) is 24.7 Å². The lowest BCUT2D eigenvalue weighted by atomic mass is 10.3. The van der Waals surface area contributed by atoms with Crippen molar-refractivity contribution in [2.24, 2.45) is 0 Å². The lowest BCUT2D eigenvalue weighted by molar-refractivity contribution is 0.592. The van der Waals surface area contributed by atoms with Crippen LogP contribution in [0.25, 0.3) is 5.70 Å². The Morgan fingerprint density at radius 1 is 1.58 bits per heavy atom. The van der Waals surface area contributed by atoms with E-state index in [1.165, 1.54) is 10.6 Å². The Balaban J connectivity index is 2.88. The molecular formula is C10H15NS. The molecule has 1 aromatic heterocycles. The number of hydrogen-bond donors (Lipinski definition) is 0. The lowest BCUT2D eigenvalue weighted by Gasteiger charge is -2.15. The third kappa shape index (κ3) is 2.11. The van der Waals surface area contributed by atoms with Gasteiger partial charge in [0.05, 0.1) is 0 Å². The monoisotopic (exact) mass is 181 g/mol. The van der Waals surface area contributed by atoms with E-state index in [4.69, 9.17) is 0 Å². The molecule has 12 heavy (non-hydrogen) atoms. The first-order chi connectivity index (χ1) is 5.75. The molecule has 0 spiro atoms. The summed E-state index contributed by atoms with van der Waals surface area (Å²) in [6, 6.07) is 4.25. The fourth-order valence-electron chi connectivity index (χ4n) is 1.12. The van der Waals surface area contributed by atoms with Crippen LogP contribution in [0.5, 0.6) is 0 Å². The molecule has 0 radical (unpaired) electrons. The molecule has 0 fully saturated rings. The SMILES string of the molecule is CCC=C(c1cccs1)N(C)C. The molecule has 0 atom stereocenters. The van der Waals surface area contributed by atoms with Crippen LogP contribution in [0.2, 0.25) is 0 Å². The second kappa shape index (κ2) is 4.31. The Bertz CT molecular complexity index is 247. The predicted molar refractivity (Wildman–Crippen MR) is 56.3 cm³/mol. The molecule has 0 N–H and O–H groups in total. The summed E-state index contributed by atoms with van der Waals surface area (Å²) < 4.78 is 0. The summed E-state index contributed by atoms with van der Waals surface area (Å²) in [5.41, 5.74) is 1.33. The average Bonchev–Trinajstić information content (AvgIpc) is 2.51. The summed E-state index contributed by atoms with van der Waals surface area (Å²) >= 11 is 1.79. The van der Waals surface area contributed by atoms with Gasteiger partial charge in [-0.1, -0.05) is 19.1 Å². The van der Waals surface area contributed by atoms with Gasteiger partial charge < -0.3 is 4.90 Å². The van der Waals surface area contributed by atoms with Gasteiger partial charge >= 0.3 is 0 Å². The van der Waals surface area contributed by atoms with Crippen LogP contribution in [0.3, 0.4) is 0 Å². The number of rotatable bonds is 3. The highest BCUT2D eigenvalue weighted by Crippen LogP contribution is 2.21. The Hall–Kier alpha value is -0.760. The number of thiophene rings is 1.